The molecule has 0 spiro atoms. The van der Waals surface area contributed by atoms with E-state index in [0.717, 1.165) is 0 Å². The van der Waals surface area contributed by atoms with Gasteiger partial charge in [0.2, 0.25) is 0 Å². The molecule has 5 nitrogen and oxygen atoms in total. The Morgan fingerprint density at radius 2 is 0.750 bits per heavy atom. The first-order valence-corrected chi connectivity index (χ1v) is 0.408. The average Bonchev–Trinajstić information content (AvgIpc) is 0.918. The Morgan fingerprint density at radius 3 is 0.750 bits per heavy atom. The summed E-state index contributed by atoms with van der Waals surface area (Å²) in [5, 5.41) is 0. The van der Waals surface area contributed by atoms with Gasteiger partial charge in [0.1, 0.15) is 0 Å². The summed E-state index contributed by atoms with van der Waals surface area (Å²) < 4.78 is 0. The Balaban J connectivity index is -0.00000000200. The molecule has 0 bridgehead atoms. The summed E-state index contributed by atoms with van der Waals surface area (Å²) in [6.07, 6.45) is 0.250. The largest absolute Gasteiger partial charge is 3.00 e. The SMILES string of the molecule is O=C=O.[Ce+3].[Ce+3].[O-2].[O-2].[O-2]. The minimum absolute atomic E-state index is 0. The van der Waals surface area contributed by atoms with Crippen LogP contribution in [0.4, 0.5) is 0 Å². The van der Waals surface area contributed by atoms with E-state index in [1.54, 1.807) is 0 Å². The third kappa shape index (κ3) is 97.2. The Kier molecular flexibility index (Phi) is 402. The molecule has 0 amide bonds. The molecule has 7 heteroatoms. The van der Waals surface area contributed by atoms with Crippen molar-refractivity contribution in [3.63, 3.8) is 0 Å². The second-order valence-electron chi connectivity index (χ2n) is 0.0833. The van der Waals surface area contributed by atoms with Gasteiger partial charge >= 0.3 is 89.6 Å². The van der Waals surface area contributed by atoms with Crippen LogP contribution in [-0.4, -0.2) is 6.15 Å². The summed E-state index contributed by atoms with van der Waals surface area (Å²) in [5.74, 6) is 0. The van der Waals surface area contributed by atoms with E-state index in [1.807, 2.05) is 0 Å². The predicted octanol–water partition coefficient (Wildman–Crippen LogP) is -0.940. The van der Waals surface area contributed by atoms with E-state index < -0.39 is 0 Å². The van der Waals surface area contributed by atoms with Gasteiger partial charge in [-0.2, -0.15) is 9.59 Å². The molecule has 0 atom stereocenters. The number of hydrogen-bond donors (Lipinski definition) is 0. The van der Waals surface area contributed by atoms with Crippen molar-refractivity contribution in [3.05, 3.63) is 0 Å². The zero-order chi connectivity index (χ0) is 2.71. The van der Waals surface area contributed by atoms with Crippen LogP contribution in [0.25, 0.3) is 0 Å². The molecule has 0 aromatic rings. The van der Waals surface area contributed by atoms with Gasteiger partial charge in [0.05, 0.1) is 0 Å². The first-order chi connectivity index (χ1) is 1.41. The fraction of sp³-hybridized carbons (Fsp3) is 0. The Bertz CT molecular complexity index is 31.4. The molecule has 0 aliphatic rings. The van der Waals surface area contributed by atoms with Gasteiger partial charge < -0.3 is 16.4 Å². The maximum atomic E-state index is 8.12. The smallest absolute Gasteiger partial charge is 2.00 e. The van der Waals surface area contributed by atoms with Crippen LogP contribution in [0.3, 0.4) is 0 Å². The summed E-state index contributed by atoms with van der Waals surface area (Å²) in [6.45, 7) is 0. The fourth-order valence-electron chi connectivity index (χ4n) is 0. The van der Waals surface area contributed by atoms with Crippen LogP contribution in [0, 0.1) is 83.5 Å². The van der Waals surface area contributed by atoms with E-state index in [-0.39, 0.29) is 106 Å². The standard InChI is InChI=1S/CO2.2Ce.3O/c2-1-3;;;;;/q;2*+3;3*-2. The van der Waals surface area contributed by atoms with Crippen LogP contribution in [0.1, 0.15) is 0 Å². The normalized spacial score (nSPS) is 1.00. The molecule has 0 saturated heterocycles. The van der Waals surface area contributed by atoms with E-state index in [1.165, 1.54) is 0 Å². The topological polar surface area (TPSA) is 120 Å². The van der Waals surface area contributed by atoms with E-state index in [0.29, 0.717) is 0 Å². The molecule has 0 unspecified atom stereocenters. The van der Waals surface area contributed by atoms with Crippen molar-refractivity contribution in [2.75, 3.05) is 0 Å². The van der Waals surface area contributed by atoms with E-state index >= 15 is 0 Å². The van der Waals surface area contributed by atoms with Crippen LogP contribution < -0.4 is 0 Å². The summed E-state index contributed by atoms with van der Waals surface area (Å²) in [7, 11) is 0. The third-order valence-electron chi connectivity index (χ3n) is 0. The average molecular weight is 372 g/mol. The summed E-state index contributed by atoms with van der Waals surface area (Å²) in [4.78, 5) is 16.2. The maximum absolute atomic E-state index is 8.12. The number of rotatable bonds is 0. The van der Waals surface area contributed by atoms with Crippen LogP contribution in [0.2, 0.25) is 0 Å². The molecule has 0 N–H and O–H groups in total. The minimum Gasteiger partial charge on any atom is -2.00 e. The van der Waals surface area contributed by atoms with Gasteiger partial charge in [-0.1, -0.05) is 0 Å². The van der Waals surface area contributed by atoms with E-state index in [2.05, 4.69) is 0 Å². The Hall–Kier alpha value is 2.01. The van der Waals surface area contributed by atoms with Crippen molar-refractivity contribution in [2.24, 2.45) is 0 Å². The van der Waals surface area contributed by atoms with Crippen molar-refractivity contribution < 1.29 is 110 Å². The van der Waals surface area contributed by atoms with Gasteiger partial charge in [0.15, 0.2) is 0 Å². The fourth-order valence-corrected chi connectivity index (χ4v) is 0. The Labute approximate surface area is 113 Å². The van der Waals surface area contributed by atoms with E-state index in [4.69, 9.17) is 9.59 Å². The molecule has 0 aromatic carbocycles. The first-order valence-electron chi connectivity index (χ1n) is 0.408. The van der Waals surface area contributed by atoms with Gasteiger partial charge in [0.25, 0.3) is 0 Å². The molecule has 0 aromatic heterocycles. The monoisotopic (exact) mass is 372 g/mol. The van der Waals surface area contributed by atoms with Crippen LogP contribution in [0.5, 0.6) is 0 Å². The number of hydrogen-bond acceptors (Lipinski definition) is 2. The molecule has 8 heavy (non-hydrogen) atoms. The van der Waals surface area contributed by atoms with Crippen LogP contribution in [-0.2, 0) is 26.0 Å². The molecule has 0 heterocycles. The first kappa shape index (κ1) is 50.5. The second-order valence-corrected chi connectivity index (χ2v) is 0.0833. The molecule has 0 aliphatic carbocycles. The molecular weight excluding hydrogens is 372 g/mol. The van der Waals surface area contributed by atoms with Gasteiger partial charge in [-0.3, -0.25) is 0 Å². The summed E-state index contributed by atoms with van der Waals surface area (Å²) >= 11 is 0. The molecule has 0 rings (SSSR count). The van der Waals surface area contributed by atoms with Gasteiger partial charge in [-0.15, -0.1) is 0 Å². The van der Waals surface area contributed by atoms with Crippen LogP contribution in [0.15, 0.2) is 0 Å². The molecule has 0 fully saturated rings. The van der Waals surface area contributed by atoms with Crippen LogP contribution >= 0.6 is 0 Å². The van der Waals surface area contributed by atoms with Gasteiger partial charge in [0, 0.05) is 0 Å². The predicted molar refractivity (Wildman–Crippen MR) is 7.07 cm³/mol. The third-order valence-corrected chi connectivity index (χ3v) is 0. The van der Waals surface area contributed by atoms with Crippen molar-refractivity contribution in [1.29, 1.82) is 0 Å². The zero-order valence-electron chi connectivity index (χ0n) is 3.54. The minimum atomic E-state index is 0. The van der Waals surface area contributed by atoms with Crippen molar-refractivity contribution in [1.82, 2.24) is 0 Å². The van der Waals surface area contributed by atoms with Crippen molar-refractivity contribution >= 4 is 6.15 Å². The zero-order valence-corrected chi connectivity index (χ0v) is 9.82. The molecule has 2 radical (unpaired) electrons. The molecule has 0 saturated carbocycles. The summed E-state index contributed by atoms with van der Waals surface area (Å²) in [6, 6.07) is 0. The van der Waals surface area contributed by atoms with Crippen molar-refractivity contribution in [3.8, 4) is 0 Å². The quantitative estimate of drug-likeness (QED) is 0.545. The van der Waals surface area contributed by atoms with Gasteiger partial charge in [-0.25, -0.2) is 0 Å². The Morgan fingerprint density at radius 1 is 0.750 bits per heavy atom. The number of carbonyl (C=O) groups excluding carboxylic acids is 2. The molecular formula is CCe2O5. The maximum Gasteiger partial charge on any atom is 3.00 e. The molecule has 42 valence electrons. The van der Waals surface area contributed by atoms with E-state index in [9.17, 15) is 0 Å². The summed E-state index contributed by atoms with van der Waals surface area (Å²) in [5.41, 5.74) is 0. The van der Waals surface area contributed by atoms with Gasteiger partial charge in [-0.05, 0) is 0 Å². The second kappa shape index (κ2) is 63.7. The molecule has 0 aliphatic heterocycles. The van der Waals surface area contributed by atoms with Crippen molar-refractivity contribution in [2.45, 2.75) is 0 Å².